The van der Waals surface area contributed by atoms with Crippen LogP contribution in [-0.2, 0) is 21.2 Å². The van der Waals surface area contributed by atoms with E-state index >= 15 is 0 Å². The van der Waals surface area contributed by atoms with Gasteiger partial charge >= 0.3 is 0 Å². The average molecular weight is 548 g/mol. The molecule has 36 heavy (non-hydrogen) atoms. The predicted molar refractivity (Wildman–Crippen MR) is 138 cm³/mol. The largest absolute Gasteiger partial charge is 0.356 e. The zero-order chi connectivity index (χ0) is 25.7. The number of sulfonamides is 1. The average Bonchev–Trinajstić information content (AvgIpc) is 3.54. The van der Waals surface area contributed by atoms with E-state index in [4.69, 9.17) is 11.6 Å². The number of amides is 1. The quantitative estimate of drug-likeness (QED) is 0.306. The van der Waals surface area contributed by atoms with Crippen molar-refractivity contribution in [1.29, 1.82) is 0 Å². The minimum atomic E-state index is -3.53. The first-order valence-electron chi connectivity index (χ1n) is 11.5. The van der Waals surface area contributed by atoms with Crippen LogP contribution in [0.2, 0.25) is 5.02 Å². The SMILES string of the molecule is CC(=O)NCCc1nnc(SCC(=O)c2ccc(S(=O)(=O)N3CCCC3)cc2)n1-c1ccc(Cl)cc1. The molecule has 190 valence electrons. The van der Waals surface area contributed by atoms with Gasteiger partial charge in [-0.1, -0.05) is 35.5 Å². The molecule has 2 heterocycles. The highest BCUT2D eigenvalue weighted by molar-refractivity contribution is 7.99. The molecule has 0 bridgehead atoms. The Balaban J connectivity index is 1.48. The maximum atomic E-state index is 12.9. The van der Waals surface area contributed by atoms with E-state index in [-0.39, 0.29) is 22.3 Å². The van der Waals surface area contributed by atoms with Crippen LogP contribution in [-0.4, -0.2) is 64.6 Å². The van der Waals surface area contributed by atoms with Crippen molar-refractivity contribution in [3.63, 3.8) is 0 Å². The molecule has 1 amide bonds. The van der Waals surface area contributed by atoms with Crippen molar-refractivity contribution >= 4 is 45.1 Å². The lowest BCUT2D eigenvalue weighted by molar-refractivity contribution is -0.118. The van der Waals surface area contributed by atoms with Crippen LogP contribution in [0.5, 0.6) is 0 Å². The van der Waals surface area contributed by atoms with E-state index < -0.39 is 10.0 Å². The maximum Gasteiger partial charge on any atom is 0.243 e. The molecular formula is C24H26ClN5O4S2. The Labute approximate surface area is 219 Å². The van der Waals surface area contributed by atoms with E-state index in [1.54, 1.807) is 24.3 Å². The summed E-state index contributed by atoms with van der Waals surface area (Å²) in [5.41, 5.74) is 1.21. The monoisotopic (exact) mass is 547 g/mol. The fourth-order valence-corrected chi connectivity index (χ4v) is 6.37. The molecule has 0 saturated carbocycles. The van der Waals surface area contributed by atoms with E-state index in [1.165, 1.54) is 35.1 Å². The van der Waals surface area contributed by atoms with E-state index in [1.807, 2.05) is 16.7 Å². The van der Waals surface area contributed by atoms with E-state index in [2.05, 4.69) is 15.5 Å². The van der Waals surface area contributed by atoms with Crippen molar-refractivity contribution in [2.45, 2.75) is 36.2 Å². The number of carbonyl (C=O) groups is 2. The maximum absolute atomic E-state index is 12.9. The molecule has 1 aromatic heterocycles. The van der Waals surface area contributed by atoms with Gasteiger partial charge in [0, 0.05) is 49.3 Å². The van der Waals surface area contributed by atoms with Gasteiger partial charge in [0.1, 0.15) is 5.82 Å². The van der Waals surface area contributed by atoms with Gasteiger partial charge in [0.25, 0.3) is 0 Å². The van der Waals surface area contributed by atoms with E-state index in [9.17, 15) is 18.0 Å². The van der Waals surface area contributed by atoms with Gasteiger partial charge in [0.2, 0.25) is 15.9 Å². The highest BCUT2D eigenvalue weighted by atomic mass is 35.5. The summed E-state index contributed by atoms with van der Waals surface area (Å²) >= 11 is 7.27. The van der Waals surface area contributed by atoms with Gasteiger partial charge in [0.05, 0.1) is 10.6 Å². The molecule has 0 atom stereocenters. The summed E-state index contributed by atoms with van der Waals surface area (Å²) < 4.78 is 28.8. The number of nitrogens with zero attached hydrogens (tertiary/aromatic N) is 4. The number of carbonyl (C=O) groups excluding carboxylic acids is 2. The summed E-state index contributed by atoms with van der Waals surface area (Å²) in [7, 11) is -3.53. The van der Waals surface area contributed by atoms with Crippen LogP contribution in [0.3, 0.4) is 0 Å². The van der Waals surface area contributed by atoms with Crippen molar-refractivity contribution < 1.29 is 18.0 Å². The zero-order valence-electron chi connectivity index (χ0n) is 19.7. The van der Waals surface area contributed by atoms with Gasteiger partial charge in [-0.3, -0.25) is 14.2 Å². The Kier molecular flexibility index (Phi) is 8.45. The Morgan fingerprint density at radius 1 is 1.03 bits per heavy atom. The summed E-state index contributed by atoms with van der Waals surface area (Å²) in [5.74, 6) is 0.440. The van der Waals surface area contributed by atoms with Crippen molar-refractivity contribution in [3.8, 4) is 5.69 Å². The Hall–Kier alpha value is -2.73. The number of aromatic nitrogens is 3. The summed E-state index contributed by atoms with van der Waals surface area (Å²) in [6, 6.07) is 13.3. The van der Waals surface area contributed by atoms with Gasteiger partial charge in [-0.2, -0.15) is 4.31 Å². The first-order chi connectivity index (χ1) is 17.3. The Morgan fingerprint density at radius 3 is 2.33 bits per heavy atom. The first-order valence-corrected chi connectivity index (χ1v) is 14.3. The number of ketones is 1. The number of benzene rings is 2. The summed E-state index contributed by atoms with van der Waals surface area (Å²) in [6.45, 7) is 2.91. The lowest BCUT2D eigenvalue weighted by Crippen LogP contribution is -2.27. The minimum Gasteiger partial charge on any atom is -0.356 e. The number of hydrogen-bond acceptors (Lipinski definition) is 7. The van der Waals surface area contributed by atoms with E-state index in [0.717, 1.165) is 18.5 Å². The third kappa shape index (κ3) is 6.15. The molecule has 1 fully saturated rings. The highest BCUT2D eigenvalue weighted by Crippen LogP contribution is 2.25. The summed E-state index contributed by atoms with van der Waals surface area (Å²) in [5, 5.41) is 12.4. The molecule has 0 aliphatic carbocycles. The van der Waals surface area contributed by atoms with Crippen LogP contribution in [0.15, 0.2) is 58.6 Å². The van der Waals surface area contributed by atoms with Crippen LogP contribution in [0.4, 0.5) is 0 Å². The van der Waals surface area contributed by atoms with Crippen LogP contribution in [0.1, 0.15) is 35.9 Å². The molecule has 4 rings (SSSR count). The van der Waals surface area contributed by atoms with Gasteiger partial charge in [-0.15, -0.1) is 10.2 Å². The normalized spacial score (nSPS) is 14.2. The number of Topliss-reactive ketones (excluding diaryl/α,β-unsaturated/α-hetero) is 1. The second-order valence-corrected chi connectivity index (χ2v) is 11.6. The minimum absolute atomic E-state index is 0.0929. The summed E-state index contributed by atoms with van der Waals surface area (Å²) in [6.07, 6.45) is 2.18. The van der Waals surface area contributed by atoms with Crippen LogP contribution in [0.25, 0.3) is 5.69 Å². The molecule has 0 radical (unpaired) electrons. The molecular weight excluding hydrogens is 522 g/mol. The number of rotatable bonds is 10. The van der Waals surface area contributed by atoms with Gasteiger partial charge < -0.3 is 5.32 Å². The number of halogens is 1. The standard InChI is InChI=1S/C24H26ClN5O4S2/c1-17(31)26-13-12-23-27-28-24(30(23)20-8-6-19(25)7-9-20)35-16-22(32)18-4-10-21(11-5-18)36(33,34)29-14-2-3-15-29/h4-11H,2-3,12-16H2,1H3,(H,26,31). The lowest BCUT2D eigenvalue weighted by Gasteiger charge is -2.15. The molecule has 1 aliphatic rings. The lowest BCUT2D eigenvalue weighted by atomic mass is 10.1. The topological polar surface area (TPSA) is 114 Å². The van der Waals surface area contributed by atoms with Gasteiger partial charge in [0.15, 0.2) is 10.9 Å². The van der Waals surface area contributed by atoms with Crippen LogP contribution in [0, 0.1) is 0 Å². The molecule has 12 heteroatoms. The van der Waals surface area contributed by atoms with Crippen molar-refractivity contribution in [2.24, 2.45) is 0 Å². The molecule has 9 nitrogen and oxygen atoms in total. The molecule has 2 aromatic carbocycles. The molecule has 0 spiro atoms. The van der Waals surface area contributed by atoms with Gasteiger partial charge in [-0.05, 0) is 49.2 Å². The molecule has 1 N–H and O–H groups in total. The second kappa shape index (κ2) is 11.5. The number of hydrogen-bond donors (Lipinski definition) is 1. The zero-order valence-corrected chi connectivity index (χ0v) is 22.1. The van der Waals surface area contributed by atoms with Crippen molar-refractivity contribution in [3.05, 3.63) is 64.9 Å². The highest BCUT2D eigenvalue weighted by Gasteiger charge is 2.27. The number of thioether (sulfide) groups is 1. The van der Waals surface area contributed by atoms with Crippen molar-refractivity contribution in [1.82, 2.24) is 24.4 Å². The van der Waals surface area contributed by atoms with Crippen LogP contribution < -0.4 is 5.32 Å². The first kappa shape index (κ1) is 26.3. The fourth-order valence-electron chi connectivity index (χ4n) is 3.86. The second-order valence-electron chi connectivity index (χ2n) is 8.29. The molecule has 1 aliphatic heterocycles. The number of nitrogens with one attached hydrogen (secondary N) is 1. The van der Waals surface area contributed by atoms with Crippen LogP contribution >= 0.6 is 23.4 Å². The smallest absolute Gasteiger partial charge is 0.243 e. The summed E-state index contributed by atoms with van der Waals surface area (Å²) in [4.78, 5) is 24.3. The molecule has 1 saturated heterocycles. The Bertz CT molecular complexity index is 1340. The predicted octanol–water partition coefficient (Wildman–Crippen LogP) is 3.36. The Morgan fingerprint density at radius 2 is 1.69 bits per heavy atom. The van der Waals surface area contributed by atoms with Gasteiger partial charge in [-0.25, -0.2) is 8.42 Å². The van der Waals surface area contributed by atoms with E-state index in [0.29, 0.717) is 47.6 Å². The fraction of sp³-hybridized carbons (Fsp3) is 0.333. The molecule has 3 aromatic rings. The van der Waals surface area contributed by atoms with Crippen molar-refractivity contribution in [2.75, 3.05) is 25.4 Å². The third-order valence-corrected chi connectivity index (χ3v) is 8.81. The third-order valence-electron chi connectivity index (χ3n) is 5.72. The molecule has 0 unspecified atom stereocenters.